The molecule has 0 N–H and O–H groups in total. The second kappa shape index (κ2) is 6.36. The molecule has 0 saturated carbocycles. The van der Waals surface area contributed by atoms with E-state index in [9.17, 15) is 9.18 Å². The lowest BCUT2D eigenvalue weighted by Crippen LogP contribution is -2.19. The molecule has 1 heterocycles. The number of hydrogen-bond acceptors (Lipinski definition) is 1. The molecule has 1 aromatic heterocycles. The molecule has 0 spiro atoms. The molecule has 0 unspecified atom stereocenters. The Morgan fingerprint density at radius 2 is 1.60 bits per heavy atom. The van der Waals surface area contributed by atoms with Crippen LogP contribution in [0.4, 0.5) is 4.39 Å². The maximum atomic E-state index is 13.4. The third-order valence-electron chi connectivity index (χ3n) is 4.33. The van der Waals surface area contributed by atoms with E-state index in [2.05, 4.69) is 0 Å². The molecular formula is C22H16FNO. The predicted octanol–water partition coefficient (Wildman–Crippen LogP) is 4.86. The zero-order valence-electron chi connectivity index (χ0n) is 13.5. The molecule has 25 heavy (non-hydrogen) atoms. The van der Waals surface area contributed by atoms with Gasteiger partial charge in [-0.3, -0.25) is 4.79 Å². The van der Waals surface area contributed by atoms with E-state index in [4.69, 9.17) is 0 Å². The van der Waals surface area contributed by atoms with Gasteiger partial charge in [-0.05, 0) is 52.4 Å². The second-order valence-electron chi connectivity index (χ2n) is 6.05. The number of nitrogens with zero attached hydrogens (tertiary/aromatic N) is 1. The molecule has 0 saturated heterocycles. The molecule has 122 valence electrons. The van der Waals surface area contributed by atoms with Crippen molar-refractivity contribution in [3.05, 3.63) is 107 Å². The van der Waals surface area contributed by atoms with E-state index in [1.54, 1.807) is 10.6 Å². The molecule has 0 aliphatic carbocycles. The topological polar surface area (TPSA) is 22.0 Å². The first-order valence-electron chi connectivity index (χ1n) is 8.14. The summed E-state index contributed by atoms with van der Waals surface area (Å²) in [4.78, 5) is 12.7. The number of pyridine rings is 1. The Labute approximate surface area is 144 Å². The lowest BCUT2D eigenvalue weighted by atomic mass is 10.0. The van der Waals surface area contributed by atoms with Crippen molar-refractivity contribution in [2.24, 2.45) is 0 Å². The van der Waals surface area contributed by atoms with Crippen LogP contribution in [-0.2, 0) is 6.54 Å². The number of benzene rings is 3. The van der Waals surface area contributed by atoms with Crippen LogP contribution in [0, 0.1) is 5.82 Å². The molecule has 0 radical (unpaired) electrons. The minimum absolute atomic E-state index is 0.0212. The number of halogens is 1. The van der Waals surface area contributed by atoms with Gasteiger partial charge in [0.2, 0.25) is 0 Å². The Hall–Kier alpha value is -3.20. The molecule has 0 aliphatic heterocycles. The van der Waals surface area contributed by atoms with E-state index in [1.807, 2.05) is 66.9 Å². The first kappa shape index (κ1) is 15.3. The maximum Gasteiger partial charge on any atom is 0.258 e. The molecular weight excluding hydrogens is 313 g/mol. The van der Waals surface area contributed by atoms with Gasteiger partial charge in [-0.2, -0.15) is 0 Å². The highest BCUT2D eigenvalue weighted by Crippen LogP contribution is 2.23. The first-order chi connectivity index (χ1) is 12.2. The fourth-order valence-corrected chi connectivity index (χ4v) is 3.04. The van der Waals surface area contributed by atoms with E-state index < -0.39 is 0 Å². The largest absolute Gasteiger partial charge is 0.311 e. The van der Waals surface area contributed by atoms with E-state index in [-0.39, 0.29) is 11.4 Å². The van der Waals surface area contributed by atoms with Gasteiger partial charge in [-0.25, -0.2) is 4.39 Å². The van der Waals surface area contributed by atoms with Crippen LogP contribution in [0.1, 0.15) is 5.56 Å². The Bertz CT molecular complexity index is 1100. The molecule has 0 atom stereocenters. The van der Waals surface area contributed by atoms with Crippen molar-refractivity contribution in [2.45, 2.75) is 6.54 Å². The SMILES string of the molecule is O=c1c2ccc(-c3cccc(F)c3)cc2ccn1Cc1ccccc1. The van der Waals surface area contributed by atoms with Crippen molar-refractivity contribution in [1.82, 2.24) is 4.57 Å². The average Bonchev–Trinajstić information content (AvgIpc) is 2.65. The van der Waals surface area contributed by atoms with Gasteiger partial charge >= 0.3 is 0 Å². The zero-order valence-corrected chi connectivity index (χ0v) is 13.5. The summed E-state index contributed by atoms with van der Waals surface area (Å²) in [6.07, 6.45) is 1.81. The van der Waals surface area contributed by atoms with Crippen LogP contribution in [0.3, 0.4) is 0 Å². The number of aromatic nitrogens is 1. The average molecular weight is 329 g/mol. The number of fused-ring (bicyclic) bond motifs is 1. The van der Waals surface area contributed by atoms with Crippen molar-refractivity contribution in [3.8, 4) is 11.1 Å². The van der Waals surface area contributed by atoms with E-state index >= 15 is 0 Å². The minimum Gasteiger partial charge on any atom is -0.311 e. The quantitative estimate of drug-likeness (QED) is 0.526. The van der Waals surface area contributed by atoms with E-state index in [1.165, 1.54) is 12.1 Å². The summed E-state index contributed by atoms with van der Waals surface area (Å²) in [5.41, 5.74) is 2.76. The van der Waals surface area contributed by atoms with E-state index in [0.717, 1.165) is 22.1 Å². The summed E-state index contributed by atoms with van der Waals surface area (Å²) in [7, 11) is 0. The Morgan fingerprint density at radius 3 is 2.40 bits per heavy atom. The fraction of sp³-hybridized carbons (Fsp3) is 0.0455. The van der Waals surface area contributed by atoms with Crippen LogP contribution in [0.15, 0.2) is 89.9 Å². The smallest absolute Gasteiger partial charge is 0.258 e. The lowest BCUT2D eigenvalue weighted by molar-refractivity contribution is 0.628. The van der Waals surface area contributed by atoms with Crippen molar-refractivity contribution in [3.63, 3.8) is 0 Å². The molecule has 4 rings (SSSR count). The predicted molar refractivity (Wildman–Crippen MR) is 99.1 cm³/mol. The first-order valence-corrected chi connectivity index (χ1v) is 8.14. The molecule has 0 amide bonds. The van der Waals surface area contributed by atoms with Crippen LogP contribution in [0.25, 0.3) is 21.9 Å². The van der Waals surface area contributed by atoms with Crippen LogP contribution in [0.2, 0.25) is 0 Å². The third kappa shape index (κ3) is 3.09. The number of rotatable bonds is 3. The Balaban J connectivity index is 1.76. The summed E-state index contributed by atoms with van der Waals surface area (Å²) < 4.78 is 15.1. The summed E-state index contributed by atoms with van der Waals surface area (Å²) in [6, 6.07) is 23.9. The van der Waals surface area contributed by atoms with Crippen molar-refractivity contribution < 1.29 is 4.39 Å². The van der Waals surface area contributed by atoms with Gasteiger partial charge in [-0.15, -0.1) is 0 Å². The van der Waals surface area contributed by atoms with Crippen LogP contribution < -0.4 is 5.56 Å². The lowest BCUT2D eigenvalue weighted by Gasteiger charge is -2.09. The normalized spacial score (nSPS) is 10.9. The van der Waals surface area contributed by atoms with Gasteiger partial charge in [0.05, 0.1) is 6.54 Å². The highest BCUT2D eigenvalue weighted by molar-refractivity contribution is 5.86. The molecule has 3 heteroatoms. The van der Waals surface area contributed by atoms with Gasteiger partial charge in [0.15, 0.2) is 0 Å². The highest BCUT2D eigenvalue weighted by atomic mass is 19.1. The van der Waals surface area contributed by atoms with Gasteiger partial charge in [0.25, 0.3) is 5.56 Å². The second-order valence-corrected chi connectivity index (χ2v) is 6.05. The standard InChI is InChI=1S/C22H16FNO/c23-20-8-4-7-17(14-20)18-9-10-21-19(13-18)11-12-24(22(21)25)15-16-5-2-1-3-6-16/h1-14H,15H2. The van der Waals surface area contributed by atoms with Crippen LogP contribution in [-0.4, -0.2) is 4.57 Å². The van der Waals surface area contributed by atoms with Gasteiger partial charge in [-0.1, -0.05) is 48.5 Å². The molecule has 0 bridgehead atoms. The van der Waals surface area contributed by atoms with Gasteiger partial charge in [0.1, 0.15) is 5.82 Å². The minimum atomic E-state index is -0.268. The summed E-state index contributed by atoms with van der Waals surface area (Å²) in [6.45, 7) is 0.543. The Morgan fingerprint density at radius 1 is 0.800 bits per heavy atom. The van der Waals surface area contributed by atoms with Crippen molar-refractivity contribution in [1.29, 1.82) is 0 Å². The van der Waals surface area contributed by atoms with Gasteiger partial charge < -0.3 is 4.57 Å². The summed E-state index contributed by atoms with van der Waals surface area (Å²) in [5, 5.41) is 1.52. The third-order valence-corrected chi connectivity index (χ3v) is 4.33. The van der Waals surface area contributed by atoms with E-state index in [0.29, 0.717) is 11.9 Å². The highest BCUT2D eigenvalue weighted by Gasteiger charge is 2.06. The molecule has 4 aromatic rings. The summed E-state index contributed by atoms with van der Waals surface area (Å²) in [5.74, 6) is -0.268. The monoisotopic (exact) mass is 329 g/mol. The maximum absolute atomic E-state index is 13.4. The molecule has 2 nitrogen and oxygen atoms in total. The number of hydrogen-bond donors (Lipinski definition) is 0. The molecule has 3 aromatic carbocycles. The van der Waals surface area contributed by atoms with Crippen molar-refractivity contribution in [2.75, 3.05) is 0 Å². The van der Waals surface area contributed by atoms with Crippen molar-refractivity contribution >= 4 is 10.8 Å². The van der Waals surface area contributed by atoms with Gasteiger partial charge in [0, 0.05) is 11.6 Å². The zero-order chi connectivity index (χ0) is 17.2. The fourth-order valence-electron chi connectivity index (χ4n) is 3.04. The molecule has 0 fully saturated rings. The van der Waals surface area contributed by atoms with Crippen LogP contribution >= 0.6 is 0 Å². The Kier molecular flexibility index (Phi) is 3.90. The molecule has 0 aliphatic rings. The summed E-state index contributed by atoms with van der Waals surface area (Å²) >= 11 is 0. The van der Waals surface area contributed by atoms with Crippen LogP contribution in [0.5, 0.6) is 0 Å².